The van der Waals surface area contributed by atoms with Crippen LogP contribution in [0.3, 0.4) is 0 Å². The van der Waals surface area contributed by atoms with Crippen molar-refractivity contribution in [1.29, 1.82) is 0 Å². The van der Waals surface area contributed by atoms with Gasteiger partial charge in [0.05, 0.1) is 24.9 Å². The second kappa shape index (κ2) is 15.7. The van der Waals surface area contributed by atoms with Gasteiger partial charge in [-0.1, -0.05) is 12.1 Å². The van der Waals surface area contributed by atoms with Crippen molar-refractivity contribution in [2.24, 2.45) is 5.73 Å². The van der Waals surface area contributed by atoms with Crippen molar-refractivity contribution < 1.29 is 54.6 Å². The van der Waals surface area contributed by atoms with Gasteiger partial charge in [0, 0.05) is 6.42 Å². The number of carboxylic acids is 1. The molecule has 12 N–H and O–H groups in total. The van der Waals surface area contributed by atoms with Crippen molar-refractivity contribution in [3.05, 3.63) is 29.8 Å². The standard InChI is InChI=1S/C24H37N5O11/c1-10(31)17(25)22(37)28-18(11(2)32)23(38)27-16(9-30)21(36)26-15(8-13-4-6-14(34)7-5-13)20(35)29-19(12(3)33)24(39)40/h4-7,10-12,15-19,30-34H,8-9,25H2,1-3H3,(H,26,36)(H,27,38)(H,28,37)(H,29,35)(H,39,40). The van der Waals surface area contributed by atoms with Gasteiger partial charge >= 0.3 is 5.97 Å². The third-order valence-corrected chi connectivity index (χ3v) is 5.76. The van der Waals surface area contributed by atoms with Gasteiger partial charge in [0.1, 0.15) is 29.9 Å². The lowest BCUT2D eigenvalue weighted by molar-refractivity contribution is -0.145. The number of carboxylic acid groups (broad SMARTS) is 1. The van der Waals surface area contributed by atoms with Crippen LogP contribution < -0.4 is 27.0 Å². The summed E-state index contributed by atoms with van der Waals surface area (Å²) in [4.78, 5) is 62.2. The summed E-state index contributed by atoms with van der Waals surface area (Å²) in [5, 5.41) is 66.4. The Hall–Kier alpha value is -3.83. The van der Waals surface area contributed by atoms with E-state index in [-0.39, 0.29) is 12.2 Å². The number of carbonyl (C=O) groups is 5. The summed E-state index contributed by atoms with van der Waals surface area (Å²) in [6.07, 6.45) is -4.49. The minimum Gasteiger partial charge on any atom is -0.508 e. The number of amides is 4. The molecule has 0 saturated heterocycles. The van der Waals surface area contributed by atoms with E-state index in [0.717, 1.165) is 13.8 Å². The highest BCUT2D eigenvalue weighted by atomic mass is 16.4. The molecule has 1 aromatic carbocycles. The predicted octanol–water partition coefficient (Wildman–Crippen LogP) is -4.58. The molecule has 8 atom stereocenters. The number of hydrogen-bond acceptors (Lipinski definition) is 11. The SMILES string of the molecule is CC(O)C(N)C(=O)NC(C(=O)NC(CO)C(=O)NC(Cc1ccc(O)cc1)C(=O)NC(C(=O)O)C(C)O)C(C)O. The third kappa shape index (κ3) is 10.4. The lowest BCUT2D eigenvalue weighted by atomic mass is 10.0. The number of phenolic OH excluding ortho intramolecular Hbond substituents is 1. The number of aliphatic hydroxyl groups excluding tert-OH is 4. The molecule has 0 fully saturated rings. The van der Waals surface area contributed by atoms with Crippen LogP contribution in [0, 0.1) is 0 Å². The fourth-order valence-corrected chi connectivity index (χ4v) is 3.32. The van der Waals surface area contributed by atoms with Gasteiger partial charge in [0.15, 0.2) is 6.04 Å². The number of nitrogens with one attached hydrogen (secondary N) is 4. The molecule has 16 nitrogen and oxygen atoms in total. The van der Waals surface area contributed by atoms with E-state index in [1.165, 1.54) is 31.2 Å². The second-order valence-corrected chi connectivity index (χ2v) is 9.23. The van der Waals surface area contributed by atoms with Crippen LogP contribution in [0.4, 0.5) is 0 Å². The van der Waals surface area contributed by atoms with Gasteiger partial charge in [-0.15, -0.1) is 0 Å². The fraction of sp³-hybridized carbons (Fsp3) is 0.542. The molecule has 0 heterocycles. The minimum atomic E-state index is -1.72. The van der Waals surface area contributed by atoms with Crippen molar-refractivity contribution >= 4 is 29.6 Å². The predicted molar refractivity (Wildman–Crippen MR) is 137 cm³/mol. The van der Waals surface area contributed by atoms with Crippen LogP contribution in [0.25, 0.3) is 0 Å². The molecule has 0 aliphatic heterocycles. The first-order valence-electron chi connectivity index (χ1n) is 12.2. The Morgan fingerprint density at radius 2 is 1.20 bits per heavy atom. The molecule has 16 heteroatoms. The van der Waals surface area contributed by atoms with Crippen LogP contribution in [-0.4, -0.2) is 115 Å². The Bertz CT molecular complexity index is 1030. The summed E-state index contributed by atoms with van der Waals surface area (Å²) < 4.78 is 0. The van der Waals surface area contributed by atoms with E-state index in [4.69, 9.17) is 5.73 Å². The topological polar surface area (TPSA) is 281 Å². The number of aliphatic hydroxyl groups is 4. The quantitative estimate of drug-likeness (QED) is 0.0949. The molecule has 8 unspecified atom stereocenters. The van der Waals surface area contributed by atoms with Gasteiger partial charge < -0.3 is 57.6 Å². The molecule has 0 bridgehead atoms. The molecule has 0 saturated carbocycles. The first-order valence-corrected chi connectivity index (χ1v) is 12.2. The van der Waals surface area contributed by atoms with Gasteiger partial charge in [-0.2, -0.15) is 0 Å². The lowest BCUT2D eigenvalue weighted by Crippen LogP contribution is -2.62. The molecule has 0 aromatic heterocycles. The minimum absolute atomic E-state index is 0.0777. The van der Waals surface area contributed by atoms with E-state index >= 15 is 0 Å². The molecule has 1 aromatic rings. The number of aliphatic carboxylic acids is 1. The Labute approximate surface area is 229 Å². The zero-order valence-electron chi connectivity index (χ0n) is 22.1. The highest BCUT2D eigenvalue weighted by Gasteiger charge is 2.34. The number of aromatic hydroxyl groups is 1. The van der Waals surface area contributed by atoms with E-state index in [1.807, 2.05) is 0 Å². The molecule has 0 radical (unpaired) electrons. The third-order valence-electron chi connectivity index (χ3n) is 5.76. The van der Waals surface area contributed by atoms with Crippen LogP contribution in [0.1, 0.15) is 26.3 Å². The number of phenols is 1. The first kappa shape index (κ1) is 34.2. The molecule has 1 rings (SSSR count). The van der Waals surface area contributed by atoms with Crippen molar-refractivity contribution in [2.45, 2.75) is 75.7 Å². The molecular weight excluding hydrogens is 534 g/mol. The Morgan fingerprint density at radius 3 is 1.65 bits per heavy atom. The van der Waals surface area contributed by atoms with Crippen LogP contribution in [0.15, 0.2) is 24.3 Å². The summed E-state index contributed by atoms with van der Waals surface area (Å²) in [6.45, 7) is 2.55. The van der Waals surface area contributed by atoms with Crippen LogP contribution in [0.2, 0.25) is 0 Å². The average Bonchev–Trinajstić information content (AvgIpc) is 2.87. The normalized spacial score (nSPS) is 17.1. The maximum Gasteiger partial charge on any atom is 0.328 e. The monoisotopic (exact) mass is 571 g/mol. The molecule has 40 heavy (non-hydrogen) atoms. The summed E-state index contributed by atoms with van der Waals surface area (Å²) in [5.74, 6) is -5.80. The summed E-state index contributed by atoms with van der Waals surface area (Å²) in [7, 11) is 0. The fourth-order valence-electron chi connectivity index (χ4n) is 3.32. The van der Waals surface area contributed by atoms with E-state index in [2.05, 4.69) is 21.3 Å². The van der Waals surface area contributed by atoms with Gasteiger partial charge in [-0.05, 0) is 38.5 Å². The summed E-state index contributed by atoms with van der Waals surface area (Å²) >= 11 is 0. The van der Waals surface area contributed by atoms with Crippen molar-refractivity contribution in [2.75, 3.05) is 6.61 Å². The van der Waals surface area contributed by atoms with Crippen LogP contribution in [-0.2, 0) is 30.4 Å². The Balaban J connectivity index is 3.12. The van der Waals surface area contributed by atoms with Crippen LogP contribution in [0.5, 0.6) is 5.75 Å². The summed E-state index contributed by atoms with van der Waals surface area (Å²) in [6, 6.07) is -2.46. The first-order chi connectivity index (χ1) is 18.6. The Morgan fingerprint density at radius 1 is 0.725 bits per heavy atom. The molecule has 0 aliphatic carbocycles. The van der Waals surface area contributed by atoms with E-state index in [1.54, 1.807) is 0 Å². The largest absolute Gasteiger partial charge is 0.508 e. The zero-order valence-corrected chi connectivity index (χ0v) is 22.1. The van der Waals surface area contributed by atoms with Gasteiger partial charge in [-0.3, -0.25) is 19.2 Å². The Kier molecular flexibility index (Phi) is 13.4. The maximum atomic E-state index is 13.0. The molecular formula is C24H37N5O11. The highest BCUT2D eigenvalue weighted by molar-refractivity contribution is 5.95. The van der Waals surface area contributed by atoms with E-state index < -0.39 is 84.7 Å². The van der Waals surface area contributed by atoms with Gasteiger partial charge in [0.2, 0.25) is 23.6 Å². The smallest absolute Gasteiger partial charge is 0.328 e. The lowest BCUT2D eigenvalue weighted by Gasteiger charge is -2.27. The molecule has 224 valence electrons. The number of rotatable bonds is 15. The highest BCUT2D eigenvalue weighted by Crippen LogP contribution is 2.12. The van der Waals surface area contributed by atoms with E-state index in [9.17, 15) is 54.6 Å². The molecule has 0 spiro atoms. The number of benzene rings is 1. The summed E-state index contributed by atoms with van der Waals surface area (Å²) in [5.41, 5.74) is 5.96. The molecule has 0 aliphatic rings. The van der Waals surface area contributed by atoms with Crippen LogP contribution >= 0.6 is 0 Å². The van der Waals surface area contributed by atoms with Crippen molar-refractivity contribution in [3.8, 4) is 5.75 Å². The van der Waals surface area contributed by atoms with Gasteiger partial charge in [-0.25, -0.2) is 4.79 Å². The average molecular weight is 572 g/mol. The number of carbonyl (C=O) groups excluding carboxylic acids is 4. The maximum absolute atomic E-state index is 13.0. The number of hydrogen-bond donors (Lipinski definition) is 11. The number of nitrogens with two attached hydrogens (primary N) is 1. The second-order valence-electron chi connectivity index (χ2n) is 9.23. The van der Waals surface area contributed by atoms with Crippen molar-refractivity contribution in [3.63, 3.8) is 0 Å². The zero-order chi connectivity index (χ0) is 30.7. The van der Waals surface area contributed by atoms with Crippen molar-refractivity contribution in [1.82, 2.24) is 21.3 Å². The molecule has 4 amide bonds. The van der Waals surface area contributed by atoms with E-state index in [0.29, 0.717) is 5.56 Å². The van der Waals surface area contributed by atoms with Gasteiger partial charge in [0.25, 0.3) is 0 Å².